The van der Waals surface area contributed by atoms with E-state index in [-0.39, 0.29) is 0 Å². The van der Waals surface area contributed by atoms with Gasteiger partial charge in [-0.2, -0.15) is 0 Å². The lowest BCUT2D eigenvalue weighted by Gasteiger charge is -2.37. The molecule has 3 N–H and O–H groups in total. The van der Waals surface area contributed by atoms with Gasteiger partial charge in [0.25, 0.3) is 0 Å². The SMILES string of the molecule is CCN1CCC(C(C)NC2CCC(N)CC2)CC1. The minimum atomic E-state index is 0.464. The number of hydrogen-bond acceptors (Lipinski definition) is 3. The smallest absolute Gasteiger partial charge is 0.00708 e. The third-order valence-electron chi connectivity index (χ3n) is 5.06. The second-order valence-electron chi connectivity index (χ2n) is 6.34. The van der Waals surface area contributed by atoms with Gasteiger partial charge in [0.2, 0.25) is 0 Å². The van der Waals surface area contributed by atoms with Crippen molar-refractivity contribution in [1.29, 1.82) is 0 Å². The summed E-state index contributed by atoms with van der Waals surface area (Å²) < 4.78 is 0. The fraction of sp³-hybridized carbons (Fsp3) is 1.00. The van der Waals surface area contributed by atoms with E-state index in [0.29, 0.717) is 12.1 Å². The van der Waals surface area contributed by atoms with Crippen LogP contribution in [0.1, 0.15) is 52.4 Å². The summed E-state index contributed by atoms with van der Waals surface area (Å²) in [6.45, 7) is 8.47. The molecule has 0 aromatic carbocycles. The maximum absolute atomic E-state index is 5.97. The molecule has 0 aromatic rings. The van der Waals surface area contributed by atoms with Crippen LogP contribution in [0.5, 0.6) is 0 Å². The molecule has 1 atom stereocenters. The molecule has 0 radical (unpaired) electrons. The molecule has 1 saturated heterocycles. The number of nitrogens with two attached hydrogens (primary N) is 1. The van der Waals surface area contributed by atoms with Gasteiger partial charge in [-0.25, -0.2) is 0 Å². The maximum Gasteiger partial charge on any atom is 0.00708 e. The summed E-state index contributed by atoms with van der Waals surface area (Å²) in [5.74, 6) is 0.878. The van der Waals surface area contributed by atoms with E-state index < -0.39 is 0 Å². The number of hydrogen-bond donors (Lipinski definition) is 2. The largest absolute Gasteiger partial charge is 0.328 e. The third-order valence-corrected chi connectivity index (χ3v) is 5.06. The molecule has 2 rings (SSSR count). The van der Waals surface area contributed by atoms with E-state index in [4.69, 9.17) is 5.73 Å². The van der Waals surface area contributed by atoms with Crippen molar-refractivity contribution in [2.45, 2.75) is 70.5 Å². The summed E-state index contributed by atoms with van der Waals surface area (Å²) in [6.07, 6.45) is 7.71. The molecule has 0 aromatic heterocycles. The third kappa shape index (κ3) is 3.94. The Labute approximate surface area is 112 Å². The van der Waals surface area contributed by atoms with Crippen LogP contribution in [0.3, 0.4) is 0 Å². The van der Waals surface area contributed by atoms with E-state index in [1.165, 1.54) is 58.2 Å². The Morgan fingerprint density at radius 3 is 2.28 bits per heavy atom. The first-order chi connectivity index (χ1) is 8.69. The van der Waals surface area contributed by atoms with Crippen molar-refractivity contribution in [3.8, 4) is 0 Å². The fourth-order valence-corrected chi connectivity index (χ4v) is 3.56. The van der Waals surface area contributed by atoms with E-state index in [1.54, 1.807) is 0 Å². The Kier molecular flexibility index (Phi) is 5.46. The lowest BCUT2D eigenvalue weighted by Crippen LogP contribution is -2.47. The summed E-state index contributed by atoms with van der Waals surface area (Å²) in [6, 6.07) is 1.87. The number of nitrogens with one attached hydrogen (secondary N) is 1. The molecule has 3 heteroatoms. The molecule has 0 amide bonds. The van der Waals surface area contributed by atoms with E-state index in [2.05, 4.69) is 24.1 Å². The average Bonchev–Trinajstić information content (AvgIpc) is 2.41. The Morgan fingerprint density at radius 2 is 1.72 bits per heavy atom. The van der Waals surface area contributed by atoms with Gasteiger partial charge in [-0.05, 0) is 71.0 Å². The van der Waals surface area contributed by atoms with Gasteiger partial charge in [-0.1, -0.05) is 6.92 Å². The molecule has 1 saturated carbocycles. The van der Waals surface area contributed by atoms with E-state index in [1.807, 2.05) is 0 Å². The summed E-state index contributed by atoms with van der Waals surface area (Å²) in [7, 11) is 0. The zero-order valence-electron chi connectivity index (χ0n) is 12.2. The van der Waals surface area contributed by atoms with E-state index in [0.717, 1.165) is 12.0 Å². The minimum absolute atomic E-state index is 0.464. The maximum atomic E-state index is 5.97. The lowest BCUT2D eigenvalue weighted by molar-refractivity contribution is 0.159. The van der Waals surface area contributed by atoms with Crippen molar-refractivity contribution in [3.63, 3.8) is 0 Å². The molecular formula is C15H31N3. The standard InChI is InChI=1S/C15H31N3/c1-3-18-10-8-13(9-11-18)12(2)17-15-6-4-14(16)5-7-15/h12-15,17H,3-11,16H2,1-2H3. The first-order valence-corrected chi connectivity index (χ1v) is 7.93. The number of likely N-dealkylation sites (tertiary alicyclic amines) is 1. The summed E-state index contributed by atoms with van der Waals surface area (Å²) in [5.41, 5.74) is 5.97. The minimum Gasteiger partial charge on any atom is -0.328 e. The molecule has 1 aliphatic carbocycles. The molecule has 0 bridgehead atoms. The van der Waals surface area contributed by atoms with Crippen molar-refractivity contribution >= 4 is 0 Å². The van der Waals surface area contributed by atoms with Gasteiger partial charge in [-0.15, -0.1) is 0 Å². The molecule has 106 valence electrons. The zero-order valence-corrected chi connectivity index (χ0v) is 12.2. The monoisotopic (exact) mass is 253 g/mol. The van der Waals surface area contributed by atoms with Crippen molar-refractivity contribution in [3.05, 3.63) is 0 Å². The molecule has 0 spiro atoms. The van der Waals surface area contributed by atoms with Crippen molar-refractivity contribution in [1.82, 2.24) is 10.2 Å². The highest BCUT2D eigenvalue weighted by atomic mass is 15.1. The average molecular weight is 253 g/mol. The topological polar surface area (TPSA) is 41.3 Å². The molecule has 18 heavy (non-hydrogen) atoms. The van der Waals surface area contributed by atoms with Crippen LogP contribution < -0.4 is 11.1 Å². The predicted molar refractivity (Wildman–Crippen MR) is 77.7 cm³/mol. The van der Waals surface area contributed by atoms with Crippen LogP contribution in [0.15, 0.2) is 0 Å². The van der Waals surface area contributed by atoms with E-state index >= 15 is 0 Å². The highest BCUT2D eigenvalue weighted by Gasteiger charge is 2.26. The molecule has 1 aliphatic heterocycles. The Hall–Kier alpha value is -0.120. The van der Waals surface area contributed by atoms with Gasteiger partial charge in [0.1, 0.15) is 0 Å². The highest BCUT2D eigenvalue weighted by Crippen LogP contribution is 2.23. The van der Waals surface area contributed by atoms with E-state index in [9.17, 15) is 0 Å². The second-order valence-corrected chi connectivity index (χ2v) is 6.34. The molecule has 2 fully saturated rings. The van der Waals surface area contributed by atoms with Crippen LogP contribution in [0.2, 0.25) is 0 Å². The van der Waals surface area contributed by atoms with Crippen molar-refractivity contribution < 1.29 is 0 Å². The van der Waals surface area contributed by atoms with Crippen molar-refractivity contribution in [2.24, 2.45) is 11.7 Å². The second kappa shape index (κ2) is 6.88. The fourth-order valence-electron chi connectivity index (χ4n) is 3.56. The molecular weight excluding hydrogens is 222 g/mol. The van der Waals surface area contributed by atoms with Crippen LogP contribution in [0.4, 0.5) is 0 Å². The summed E-state index contributed by atoms with van der Waals surface area (Å²) >= 11 is 0. The van der Waals surface area contributed by atoms with Crippen LogP contribution in [0.25, 0.3) is 0 Å². The molecule has 2 aliphatic rings. The Bertz CT molecular complexity index is 228. The van der Waals surface area contributed by atoms with Gasteiger partial charge < -0.3 is 16.0 Å². The van der Waals surface area contributed by atoms with Gasteiger partial charge >= 0.3 is 0 Å². The lowest BCUT2D eigenvalue weighted by atomic mass is 9.87. The van der Waals surface area contributed by atoms with Gasteiger partial charge in [0, 0.05) is 18.1 Å². The summed E-state index contributed by atoms with van der Waals surface area (Å²) in [4.78, 5) is 2.57. The van der Waals surface area contributed by atoms with Crippen LogP contribution >= 0.6 is 0 Å². The van der Waals surface area contributed by atoms with Crippen LogP contribution in [-0.2, 0) is 0 Å². The first kappa shape index (κ1) is 14.3. The highest BCUT2D eigenvalue weighted by molar-refractivity contribution is 4.85. The summed E-state index contributed by atoms with van der Waals surface area (Å²) in [5, 5.41) is 3.87. The molecule has 3 nitrogen and oxygen atoms in total. The Morgan fingerprint density at radius 1 is 1.11 bits per heavy atom. The van der Waals surface area contributed by atoms with Gasteiger partial charge in [0.05, 0.1) is 0 Å². The van der Waals surface area contributed by atoms with Gasteiger partial charge in [0.15, 0.2) is 0 Å². The van der Waals surface area contributed by atoms with Crippen LogP contribution in [-0.4, -0.2) is 42.7 Å². The predicted octanol–water partition coefficient (Wildman–Crippen LogP) is 1.97. The number of piperidine rings is 1. The quantitative estimate of drug-likeness (QED) is 0.805. The first-order valence-electron chi connectivity index (χ1n) is 7.93. The Balaban J connectivity index is 1.70. The van der Waals surface area contributed by atoms with Gasteiger partial charge in [-0.3, -0.25) is 0 Å². The normalized spacial score (nSPS) is 33.5. The molecule has 1 heterocycles. The van der Waals surface area contributed by atoms with Crippen LogP contribution in [0, 0.1) is 5.92 Å². The molecule has 1 unspecified atom stereocenters. The number of rotatable bonds is 4. The zero-order chi connectivity index (χ0) is 13.0. The van der Waals surface area contributed by atoms with Crippen molar-refractivity contribution in [2.75, 3.05) is 19.6 Å². The number of nitrogens with zero attached hydrogens (tertiary/aromatic N) is 1.